The van der Waals surface area contributed by atoms with Gasteiger partial charge in [0.25, 0.3) is 0 Å². The summed E-state index contributed by atoms with van der Waals surface area (Å²) in [6.07, 6.45) is -0.571. The molecule has 3 nitrogen and oxygen atoms in total. The van der Waals surface area contributed by atoms with E-state index in [-0.39, 0.29) is 0 Å². The number of aliphatic hydroxyl groups excluding tert-OH is 1. The van der Waals surface area contributed by atoms with E-state index < -0.39 is 6.23 Å². The van der Waals surface area contributed by atoms with Crippen LogP contribution in [0.25, 0.3) is 0 Å². The first-order valence-electron chi connectivity index (χ1n) is 4.07. The van der Waals surface area contributed by atoms with Crippen molar-refractivity contribution >= 4 is 0 Å². The maximum Gasteiger partial charge on any atom is 0.148 e. The average molecular weight is 164 g/mol. The van der Waals surface area contributed by atoms with E-state index in [0.29, 0.717) is 0 Å². The van der Waals surface area contributed by atoms with Gasteiger partial charge >= 0.3 is 0 Å². The fourth-order valence-electron chi connectivity index (χ4n) is 1.64. The minimum atomic E-state index is -0.571. The maximum absolute atomic E-state index is 9.46. The molecule has 64 valence electrons. The van der Waals surface area contributed by atoms with Crippen LogP contribution in [0.2, 0.25) is 0 Å². The Labute approximate surface area is 71.4 Å². The number of nitrogens with zero attached hydrogens (tertiary/aromatic N) is 1. The summed E-state index contributed by atoms with van der Waals surface area (Å²) in [5, 5.41) is 12.4. The summed E-state index contributed by atoms with van der Waals surface area (Å²) in [6.45, 7) is 4.72. The Bertz CT molecular complexity index is 323. The molecule has 0 bridgehead atoms. The zero-order valence-electron chi connectivity index (χ0n) is 7.26. The molecule has 0 spiro atoms. The SMILES string of the molecule is Cc1cc(C)c2c(n1)C(O)NC2. The van der Waals surface area contributed by atoms with Gasteiger partial charge in [-0.3, -0.25) is 10.3 Å². The molecule has 0 saturated heterocycles. The second-order valence-corrected chi connectivity index (χ2v) is 3.23. The predicted octanol–water partition coefficient (Wildman–Crippen LogP) is 0.793. The van der Waals surface area contributed by atoms with Crippen LogP contribution in [0, 0.1) is 13.8 Å². The number of hydrogen-bond donors (Lipinski definition) is 2. The van der Waals surface area contributed by atoms with Crippen LogP contribution in [0.1, 0.15) is 28.7 Å². The quantitative estimate of drug-likeness (QED) is 0.596. The normalized spacial score (nSPS) is 21.1. The van der Waals surface area contributed by atoms with E-state index in [4.69, 9.17) is 0 Å². The lowest BCUT2D eigenvalue weighted by atomic mass is 10.1. The van der Waals surface area contributed by atoms with Crippen molar-refractivity contribution in [3.05, 3.63) is 28.6 Å². The van der Waals surface area contributed by atoms with E-state index in [2.05, 4.69) is 10.3 Å². The van der Waals surface area contributed by atoms with E-state index in [9.17, 15) is 5.11 Å². The highest BCUT2D eigenvalue weighted by molar-refractivity contribution is 5.35. The average Bonchev–Trinajstić information content (AvgIpc) is 2.33. The van der Waals surface area contributed by atoms with E-state index in [1.165, 1.54) is 5.56 Å². The number of pyridine rings is 1. The fourth-order valence-corrected chi connectivity index (χ4v) is 1.64. The van der Waals surface area contributed by atoms with Gasteiger partial charge in [-0.05, 0) is 31.0 Å². The third kappa shape index (κ3) is 1.02. The summed E-state index contributed by atoms with van der Waals surface area (Å²) in [6, 6.07) is 2.04. The molecule has 12 heavy (non-hydrogen) atoms. The van der Waals surface area contributed by atoms with Gasteiger partial charge in [0.15, 0.2) is 0 Å². The fraction of sp³-hybridized carbons (Fsp3) is 0.444. The molecule has 0 fully saturated rings. The molecular formula is C9H12N2O. The molecule has 0 radical (unpaired) electrons. The Morgan fingerprint density at radius 3 is 3.08 bits per heavy atom. The molecule has 3 heteroatoms. The van der Waals surface area contributed by atoms with Gasteiger partial charge in [-0.15, -0.1) is 0 Å². The lowest BCUT2D eigenvalue weighted by Crippen LogP contribution is -2.11. The second kappa shape index (κ2) is 2.54. The van der Waals surface area contributed by atoms with Gasteiger partial charge in [-0.1, -0.05) is 0 Å². The first kappa shape index (κ1) is 7.71. The van der Waals surface area contributed by atoms with Gasteiger partial charge < -0.3 is 5.11 Å². The van der Waals surface area contributed by atoms with E-state index >= 15 is 0 Å². The molecule has 2 N–H and O–H groups in total. The third-order valence-electron chi connectivity index (χ3n) is 2.24. The minimum absolute atomic E-state index is 0.571. The summed E-state index contributed by atoms with van der Waals surface area (Å²) in [7, 11) is 0. The smallest absolute Gasteiger partial charge is 0.148 e. The van der Waals surface area contributed by atoms with E-state index in [1.807, 2.05) is 19.9 Å². The molecule has 2 heterocycles. The number of rotatable bonds is 0. The molecule has 1 aliphatic rings. The van der Waals surface area contributed by atoms with Crippen molar-refractivity contribution < 1.29 is 5.11 Å². The summed E-state index contributed by atoms with van der Waals surface area (Å²) in [5.74, 6) is 0. The van der Waals surface area contributed by atoms with Crippen LogP contribution in [0.15, 0.2) is 6.07 Å². The standard InChI is InChI=1S/C9H12N2O/c1-5-3-6(2)11-8-7(5)4-10-9(8)12/h3,9-10,12H,4H2,1-2H3. The van der Waals surface area contributed by atoms with Crippen LogP contribution in [0.4, 0.5) is 0 Å². The Morgan fingerprint density at radius 1 is 1.58 bits per heavy atom. The number of hydrogen-bond acceptors (Lipinski definition) is 3. The van der Waals surface area contributed by atoms with Gasteiger partial charge in [-0.25, -0.2) is 0 Å². The van der Waals surface area contributed by atoms with Crippen molar-refractivity contribution in [1.29, 1.82) is 0 Å². The molecule has 0 aromatic carbocycles. The van der Waals surface area contributed by atoms with Crippen molar-refractivity contribution in [2.24, 2.45) is 0 Å². The highest BCUT2D eigenvalue weighted by atomic mass is 16.3. The van der Waals surface area contributed by atoms with Crippen LogP contribution in [-0.2, 0) is 6.54 Å². The van der Waals surface area contributed by atoms with Gasteiger partial charge in [0.1, 0.15) is 6.23 Å². The van der Waals surface area contributed by atoms with Crippen LogP contribution >= 0.6 is 0 Å². The van der Waals surface area contributed by atoms with Gasteiger partial charge in [-0.2, -0.15) is 0 Å². The first-order chi connectivity index (χ1) is 5.68. The number of aromatic nitrogens is 1. The minimum Gasteiger partial charge on any atom is -0.373 e. The lowest BCUT2D eigenvalue weighted by Gasteiger charge is -2.05. The zero-order chi connectivity index (χ0) is 8.72. The molecule has 1 atom stereocenters. The Hall–Kier alpha value is -0.930. The molecule has 0 amide bonds. The molecule has 1 aromatic heterocycles. The highest BCUT2D eigenvalue weighted by Crippen LogP contribution is 2.24. The zero-order valence-corrected chi connectivity index (χ0v) is 7.26. The number of fused-ring (bicyclic) bond motifs is 1. The largest absolute Gasteiger partial charge is 0.373 e. The number of aliphatic hydroxyl groups is 1. The van der Waals surface area contributed by atoms with Gasteiger partial charge in [0.2, 0.25) is 0 Å². The topological polar surface area (TPSA) is 45.2 Å². The van der Waals surface area contributed by atoms with Crippen LogP contribution in [0.5, 0.6) is 0 Å². The highest BCUT2D eigenvalue weighted by Gasteiger charge is 2.22. The summed E-state index contributed by atoms with van der Waals surface area (Å²) >= 11 is 0. The monoisotopic (exact) mass is 164 g/mol. The van der Waals surface area contributed by atoms with Crippen molar-refractivity contribution in [2.75, 3.05) is 0 Å². The Kier molecular flexibility index (Phi) is 1.63. The second-order valence-electron chi connectivity index (χ2n) is 3.23. The van der Waals surface area contributed by atoms with Crippen molar-refractivity contribution in [3.63, 3.8) is 0 Å². The number of aryl methyl sites for hydroxylation is 2. The van der Waals surface area contributed by atoms with Crippen LogP contribution in [0.3, 0.4) is 0 Å². The molecule has 2 rings (SSSR count). The predicted molar refractivity (Wildman–Crippen MR) is 45.5 cm³/mol. The third-order valence-corrected chi connectivity index (χ3v) is 2.24. The molecule has 1 aliphatic heterocycles. The Balaban J connectivity index is 2.60. The van der Waals surface area contributed by atoms with Gasteiger partial charge in [0.05, 0.1) is 5.69 Å². The van der Waals surface area contributed by atoms with Crippen LogP contribution in [-0.4, -0.2) is 10.1 Å². The summed E-state index contributed by atoms with van der Waals surface area (Å²) in [4.78, 5) is 4.28. The summed E-state index contributed by atoms with van der Waals surface area (Å²) < 4.78 is 0. The van der Waals surface area contributed by atoms with Crippen molar-refractivity contribution in [2.45, 2.75) is 26.6 Å². The first-order valence-corrected chi connectivity index (χ1v) is 4.07. The maximum atomic E-state index is 9.46. The molecule has 1 unspecified atom stereocenters. The van der Waals surface area contributed by atoms with E-state index in [1.54, 1.807) is 0 Å². The molecule has 1 aromatic rings. The molecule has 0 aliphatic carbocycles. The summed E-state index contributed by atoms with van der Waals surface area (Å²) in [5.41, 5.74) is 4.12. The number of nitrogens with one attached hydrogen (secondary N) is 1. The van der Waals surface area contributed by atoms with Gasteiger partial charge in [0, 0.05) is 12.2 Å². The van der Waals surface area contributed by atoms with Crippen molar-refractivity contribution in [1.82, 2.24) is 10.3 Å². The lowest BCUT2D eigenvalue weighted by molar-refractivity contribution is 0.147. The van der Waals surface area contributed by atoms with Crippen molar-refractivity contribution in [3.8, 4) is 0 Å². The van der Waals surface area contributed by atoms with Crippen LogP contribution < -0.4 is 5.32 Å². The molecular weight excluding hydrogens is 152 g/mol. The van der Waals surface area contributed by atoms with E-state index in [0.717, 1.165) is 23.5 Å². The Morgan fingerprint density at radius 2 is 2.33 bits per heavy atom. The molecule has 0 saturated carbocycles.